The molecule has 2 aromatic rings. The zero-order chi connectivity index (χ0) is 15.0. The Kier molecular flexibility index (Phi) is 3.83. The Morgan fingerprint density at radius 2 is 1.86 bits per heavy atom. The van der Waals surface area contributed by atoms with Gasteiger partial charge in [-0.05, 0) is 12.1 Å². The molecule has 0 spiro atoms. The first-order valence-electron chi connectivity index (χ1n) is 6.65. The molecule has 1 aliphatic rings. The Labute approximate surface area is 120 Å². The maximum absolute atomic E-state index is 9.94. The number of H-pyrrole nitrogens is 1. The number of hydrogen-bond donors (Lipinski definition) is 5. The van der Waals surface area contributed by atoms with Crippen molar-refractivity contribution in [2.45, 2.75) is 30.7 Å². The van der Waals surface area contributed by atoms with Crippen molar-refractivity contribution >= 4 is 10.9 Å². The molecule has 7 heteroatoms. The number of benzene rings is 1. The average Bonchev–Trinajstić information content (AvgIpc) is 2.91. The van der Waals surface area contributed by atoms with Crippen molar-refractivity contribution in [1.29, 1.82) is 0 Å². The van der Waals surface area contributed by atoms with Gasteiger partial charge in [-0.3, -0.25) is 0 Å². The van der Waals surface area contributed by atoms with Crippen LogP contribution in [-0.2, 0) is 4.74 Å². The molecule has 2 heterocycles. The van der Waals surface area contributed by atoms with Crippen molar-refractivity contribution in [3.05, 3.63) is 30.5 Å². The van der Waals surface area contributed by atoms with Crippen LogP contribution in [0.4, 0.5) is 0 Å². The topological polar surface area (TPSA) is 115 Å². The highest BCUT2D eigenvalue weighted by Gasteiger charge is 2.44. The van der Waals surface area contributed by atoms with Gasteiger partial charge in [-0.25, -0.2) is 0 Å². The number of ether oxygens (including phenoxy) is 2. The van der Waals surface area contributed by atoms with Gasteiger partial charge in [0.2, 0.25) is 6.29 Å². The van der Waals surface area contributed by atoms with Crippen LogP contribution in [0.15, 0.2) is 30.5 Å². The van der Waals surface area contributed by atoms with Gasteiger partial charge in [0.25, 0.3) is 0 Å². The smallest absolute Gasteiger partial charge is 0.229 e. The van der Waals surface area contributed by atoms with Crippen molar-refractivity contribution in [1.82, 2.24) is 4.98 Å². The minimum atomic E-state index is -1.45. The Hall–Kier alpha value is -1.64. The molecule has 5 N–H and O–H groups in total. The predicted molar refractivity (Wildman–Crippen MR) is 72.7 cm³/mol. The van der Waals surface area contributed by atoms with Crippen molar-refractivity contribution < 1.29 is 29.9 Å². The number of aliphatic hydroxyl groups is 4. The van der Waals surface area contributed by atoms with Gasteiger partial charge in [0.1, 0.15) is 30.2 Å². The molecule has 1 aromatic carbocycles. The monoisotopic (exact) mass is 295 g/mol. The van der Waals surface area contributed by atoms with Crippen molar-refractivity contribution in [3.8, 4) is 5.75 Å². The summed E-state index contributed by atoms with van der Waals surface area (Å²) in [4.78, 5) is 3.01. The molecule has 1 saturated heterocycles. The molecular weight excluding hydrogens is 278 g/mol. The van der Waals surface area contributed by atoms with E-state index >= 15 is 0 Å². The minimum absolute atomic E-state index is 0.454. The van der Waals surface area contributed by atoms with Gasteiger partial charge < -0.3 is 34.9 Å². The molecule has 0 amide bonds. The van der Waals surface area contributed by atoms with Crippen LogP contribution in [-0.4, -0.2) is 62.7 Å². The third-order valence-electron chi connectivity index (χ3n) is 3.64. The first kappa shape index (κ1) is 14.3. The molecule has 0 bridgehead atoms. The van der Waals surface area contributed by atoms with E-state index in [-0.39, 0.29) is 0 Å². The van der Waals surface area contributed by atoms with Gasteiger partial charge in [0.15, 0.2) is 0 Å². The van der Waals surface area contributed by atoms with E-state index in [9.17, 15) is 15.3 Å². The van der Waals surface area contributed by atoms with Crippen molar-refractivity contribution in [3.63, 3.8) is 0 Å². The lowest BCUT2D eigenvalue weighted by molar-refractivity contribution is -0.277. The SMILES string of the molecule is OC[C@@H]1O[C@H](Oc2c[nH]c3ccccc23)[C@@H](O)[C@H](O)[C@H]1O. The van der Waals surface area contributed by atoms with E-state index < -0.39 is 37.3 Å². The maximum atomic E-state index is 9.94. The predicted octanol–water partition coefficient (Wildman–Crippen LogP) is -0.653. The number of rotatable bonds is 3. The van der Waals surface area contributed by atoms with Crippen molar-refractivity contribution in [2.75, 3.05) is 6.61 Å². The maximum Gasteiger partial charge on any atom is 0.229 e. The second-order valence-electron chi connectivity index (χ2n) is 5.01. The van der Waals surface area contributed by atoms with Gasteiger partial charge in [-0.1, -0.05) is 12.1 Å². The Balaban J connectivity index is 1.83. The van der Waals surface area contributed by atoms with Gasteiger partial charge in [0.05, 0.1) is 6.61 Å². The summed E-state index contributed by atoms with van der Waals surface area (Å²) in [5.41, 5.74) is 0.858. The van der Waals surface area contributed by atoms with Gasteiger partial charge in [-0.15, -0.1) is 0 Å². The molecule has 1 aliphatic heterocycles. The Bertz CT molecular complexity index is 612. The summed E-state index contributed by atoms with van der Waals surface area (Å²) in [7, 11) is 0. The van der Waals surface area contributed by atoms with E-state index in [1.54, 1.807) is 6.20 Å². The number of nitrogens with one attached hydrogen (secondary N) is 1. The Morgan fingerprint density at radius 3 is 2.62 bits per heavy atom. The number of para-hydroxylation sites is 1. The van der Waals surface area contributed by atoms with Crippen LogP contribution in [0.25, 0.3) is 10.9 Å². The molecule has 0 radical (unpaired) electrons. The van der Waals surface area contributed by atoms with Crippen LogP contribution < -0.4 is 4.74 Å². The van der Waals surface area contributed by atoms with E-state index in [1.807, 2.05) is 24.3 Å². The van der Waals surface area contributed by atoms with Crippen LogP contribution in [0.2, 0.25) is 0 Å². The summed E-state index contributed by atoms with van der Waals surface area (Å²) in [6, 6.07) is 7.42. The van der Waals surface area contributed by atoms with Crippen LogP contribution in [0.5, 0.6) is 5.75 Å². The molecule has 114 valence electrons. The number of aromatic nitrogens is 1. The zero-order valence-electron chi connectivity index (χ0n) is 11.1. The lowest BCUT2D eigenvalue weighted by Gasteiger charge is -2.39. The molecule has 7 nitrogen and oxygen atoms in total. The van der Waals surface area contributed by atoms with Crippen molar-refractivity contribution in [2.24, 2.45) is 0 Å². The number of hydrogen-bond acceptors (Lipinski definition) is 6. The summed E-state index contributed by atoms with van der Waals surface area (Å²) < 4.78 is 10.9. The highest BCUT2D eigenvalue weighted by Crippen LogP contribution is 2.29. The molecule has 0 aliphatic carbocycles. The zero-order valence-corrected chi connectivity index (χ0v) is 11.1. The molecule has 21 heavy (non-hydrogen) atoms. The lowest BCUT2D eigenvalue weighted by Crippen LogP contribution is -2.60. The molecule has 1 aromatic heterocycles. The standard InChI is InChI=1S/C14H17NO6/c16-6-10-11(17)12(18)13(19)14(21-10)20-9-5-15-8-4-2-1-3-7(8)9/h1-5,10-19H,6H2/t10-,11-,12+,13-,14-/m0/s1. The summed E-state index contributed by atoms with van der Waals surface area (Å²) in [6.07, 6.45) is -4.82. The van der Waals surface area contributed by atoms with E-state index in [4.69, 9.17) is 14.6 Å². The number of aliphatic hydroxyl groups excluding tert-OH is 4. The fourth-order valence-corrected chi connectivity index (χ4v) is 2.43. The van der Waals surface area contributed by atoms with E-state index in [1.165, 1.54) is 0 Å². The summed E-state index contributed by atoms with van der Waals surface area (Å²) in [6.45, 7) is -0.487. The van der Waals surface area contributed by atoms with Crippen LogP contribution >= 0.6 is 0 Å². The minimum Gasteiger partial charge on any atom is -0.460 e. The molecular formula is C14H17NO6. The fraction of sp³-hybridized carbons (Fsp3) is 0.429. The molecule has 1 fully saturated rings. The van der Waals surface area contributed by atoms with E-state index in [0.29, 0.717) is 5.75 Å². The normalized spacial score (nSPS) is 33.2. The van der Waals surface area contributed by atoms with Crippen LogP contribution in [0, 0.1) is 0 Å². The highest BCUT2D eigenvalue weighted by atomic mass is 16.7. The molecule has 0 saturated carbocycles. The fourth-order valence-electron chi connectivity index (χ4n) is 2.43. The summed E-state index contributed by atoms with van der Waals surface area (Å²) in [5, 5.41) is 39.3. The first-order valence-corrected chi connectivity index (χ1v) is 6.65. The largest absolute Gasteiger partial charge is 0.460 e. The van der Waals surface area contributed by atoms with Crippen LogP contribution in [0.3, 0.4) is 0 Å². The third-order valence-corrected chi connectivity index (χ3v) is 3.64. The number of aromatic amines is 1. The van der Waals surface area contributed by atoms with Gasteiger partial charge >= 0.3 is 0 Å². The second kappa shape index (κ2) is 5.63. The van der Waals surface area contributed by atoms with Crippen LogP contribution in [0.1, 0.15) is 0 Å². The molecule has 3 rings (SSSR count). The molecule has 5 atom stereocenters. The second-order valence-corrected chi connectivity index (χ2v) is 5.01. The van der Waals surface area contributed by atoms with Gasteiger partial charge in [0, 0.05) is 17.1 Å². The highest BCUT2D eigenvalue weighted by molar-refractivity contribution is 5.85. The Morgan fingerprint density at radius 1 is 1.10 bits per heavy atom. The van der Waals surface area contributed by atoms with E-state index in [2.05, 4.69) is 4.98 Å². The number of fused-ring (bicyclic) bond motifs is 1. The quantitative estimate of drug-likeness (QED) is 0.514. The average molecular weight is 295 g/mol. The third kappa shape index (κ3) is 2.50. The summed E-state index contributed by atoms with van der Waals surface area (Å²) >= 11 is 0. The lowest BCUT2D eigenvalue weighted by atomic mass is 9.99. The van der Waals surface area contributed by atoms with Gasteiger partial charge in [-0.2, -0.15) is 0 Å². The molecule has 0 unspecified atom stereocenters. The van der Waals surface area contributed by atoms with E-state index in [0.717, 1.165) is 10.9 Å². The summed E-state index contributed by atoms with van der Waals surface area (Å²) in [5.74, 6) is 0.454. The first-order chi connectivity index (χ1) is 10.1.